The van der Waals surface area contributed by atoms with Gasteiger partial charge in [0.2, 0.25) is 0 Å². The van der Waals surface area contributed by atoms with Crippen LogP contribution in [0, 0.1) is 0 Å². The summed E-state index contributed by atoms with van der Waals surface area (Å²) in [6, 6.07) is 0.632. The lowest BCUT2D eigenvalue weighted by atomic mass is 9.88. The molecule has 0 aromatic carbocycles. The zero-order valence-corrected chi connectivity index (χ0v) is 12.9. The predicted molar refractivity (Wildman–Crippen MR) is 83.5 cm³/mol. The summed E-state index contributed by atoms with van der Waals surface area (Å²) >= 11 is 0. The molecule has 0 spiro atoms. The summed E-state index contributed by atoms with van der Waals surface area (Å²) in [5.74, 6) is 3.31. The standard InChI is InChI=1S/C17H27N3O/c18-16-15(13-7-4-10-21-11-13)19-17(20(16)14-8-9-14)12-5-2-1-3-6-12/h12-14H,1-11,18H2. The van der Waals surface area contributed by atoms with Crippen LogP contribution in [0.3, 0.4) is 0 Å². The molecule has 4 heteroatoms. The Morgan fingerprint density at radius 3 is 2.38 bits per heavy atom. The summed E-state index contributed by atoms with van der Waals surface area (Å²) in [6.45, 7) is 1.70. The minimum absolute atomic E-state index is 0.418. The van der Waals surface area contributed by atoms with E-state index >= 15 is 0 Å². The third-order valence-electron chi connectivity index (χ3n) is 5.43. The molecule has 1 unspecified atom stereocenters. The smallest absolute Gasteiger partial charge is 0.127 e. The van der Waals surface area contributed by atoms with Crippen molar-refractivity contribution in [3.63, 3.8) is 0 Å². The fourth-order valence-electron chi connectivity index (χ4n) is 4.10. The molecule has 0 amide bonds. The first-order chi connectivity index (χ1) is 10.3. The topological polar surface area (TPSA) is 53.1 Å². The summed E-state index contributed by atoms with van der Waals surface area (Å²) in [4.78, 5) is 5.08. The average Bonchev–Trinajstić information content (AvgIpc) is 3.32. The van der Waals surface area contributed by atoms with Crippen LogP contribution in [-0.2, 0) is 4.74 Å². The van der Waals surface area contributed by atoms with Gasteiger partial charge in [-0.15, -0.1) is 0 Å². The summed E-state index contributed by atoms with van der Waals surface area (Å²) in [5, 5.41) is 0. The van der Waals surface area contributed by atoms with E-state index in [9.17, 15) is 0 Å². The number of nitrogens with zero attached hydrogens (tertiary/aromatic N) is 2. The first kappa shape index (κ1) is 13.6. The molecular formula is C17H27N3O. The highest BCUT2D eigenvalue weighted by Crippen LogP contribution is 2.44. The normalized spacial score (nSPS) is 27.9. The van der Waals surface area contributed by atoms with Gasteiger partial charge in [0.15, 0.2) is 0 Å². The van der Waals surface area contributed by atoms with E-state index in [0.717, 1.165) is 31.1 Å². The maximum absolute atomic E-state index is 6.53. The highest BCUT2D eigenvalue weighted by Gasteiger charge is 2.34. The molecular weight excluding hydrogens is 262 g/mol. The third kappa shape index (κ3) is 2.59. The Labute approximate surface area is 127 Å². The SMILES string of the molecule is Nc1c(C2CCCOC2)nc(C2CCCCC2)n1C1CC1. The number of rotatable bonds is 3. The van der Waals surface area contributed by atoms with Crippen molar-refractivity contribution in [2.75, 3.05) is 18.9 Å². The maximum Gasteiger partial charge on any atom is 0.127 e. The van der Waals surface area contributed by atoms with Crippen molar-refractivity contribution in [1.82, 2.24) is 9.55 Å². The first-order valence-electron chi connectivity index (χ1n) is 8.80. The van der Waals surface area contributed by atoms with Crippen LogP contribution in [0.15, 0.2) is 0 Å². The summed E-state index contributed by atoms with van der Waals surface area (Å²) < 4.78 is 8.06. The van der Waals surface area contributed by atoms with Crippen LogP contribution in [0.2, 0.25) is 0 Å². The highest BCUT2D eigenvalue weighted by molar-refractivity contribution is 5.43. The highest BCUT2D eigenvalue weighted by atomic mass is 16.5. The number of nitrogens with two attached hydrogens (primary N) is 1. The molecule has 0 radical (unpaired) electrons. The lowest BCUT2D eigenvalue weighted by Crippen LogP contribution is -2.17. The second-order valence-corrected chi connectivity index (χ2v) is 7.09. The molecule has 4 rings (SSSR count). The Morgan fingerprint density at radius 1 is 0.952 bits per heavy atom. The van der Waals surface area contributed by atoms with E-state index < -0.39 is 0 Å². The van der Waals surface area contributed by atoms with Crippen molar-refractivity contribution >= 4 is 5.82 Å². The second kappa shape index (κ2) is 5.64. The fourth-order valence-corrected chi connectivity index (χ4v) is 4.10. The lowest BCUT2D eigenvalue weighted by Gasteiger charge is -2.22. The van der Waals surface area contributed by atoms with Crippen molar-refractivity contribution in [2.24, 2.45) is 0 Å². The van der Waals surface area contributed by atoms with E-state index in [-0.39, 0.29) is 0 Å². The zero-order valence-electron chi connectivity index (χ0n) is 12.9. The quantitative estimate of drug-likeness (QED) is 0.922. The van der Waals surface area contributed by atoms with Crippen molar-refractivity contribution in [2.45, 2.75) is 75.7 Å². The summed E-state index contributed by atoms with van der Waals surface area (Å²) in [6.07, 6.45) is 11.6. The molecule has 1 aliphatic heterocycles. The number of anilines is 1. The molecule has 1 aromatic rings. The van der Waals surface area contributed by atoms with Crippen molar-refractivity contribution in [3.05, 3.63) is 11.5 Å². The van der Waals surface area contributed by atoms with E-state index in [1.54, 1.807) is 0 Å². The average molecular weight is 289 g/mol. The van der Waals surface area contributed by atoms with E-state index in [1.165, 1.54) is 57.2 Å². The van der Waals surface area contributed by atoms with Gasteiger partial charge in [0.05, 0.1) is 12.3 Å². The van der Waals surface area contributed by atoms with Gasteiger partial charge < -0.3 is 15.0 Å². The van der Waals surface area contributed by atoms with E-state index in [2.05, 4.69) is 4.57 Å². The number of imidazole rings is 1. The number of hydrogen-bond donors (Lipinski definition) is 1. The lowest BCUT2D eigenvalue weighted by molar-refractivity contribution is 0.0795. The van der Waals surface area contributed by atoms with Crippen LogP contribution in [0.25, 0.3) is 0 Å². The number of nitrogen functional groups attached to an aromatic ring is 1. The van der Waals surface area contributed by atoms with Crippen LogP contribution in [0.4, 0.5) is 5.82 Å². The van der Waals surface area contributed by atoms with E-state index in [1.807, 2.05) is 0 Å². The Kier molecular flexibility index (Phi) is 3.66. The van der Waals surface area contributed by atoms with Crippen molar-refractivity contribution < 1.29 is 4.74 Å². The van der Waals surface area contributed by atoms with Gasteiger partial charge in [-0.2, -0.15) is 0 Å². The molecule has 2 N–H and O–H groups in total. The number of ether oxygens (including phenoxy) is 1. The van der Waals surface area contributed by atoms with Gasteiger partial charge in [-0.3, -0.25) is 0 Å². The Bertz CT molecular complexity index is 494. The Balaban J connectivity index is 1.67. The molecule has 2 heterocycles. The molecule has 21 heavy (non-hydrogen) atoms. The zero-order chi connectivity index (χ0) is 14.2. The molecule has 3 aliphatic rings. The molecule has 2 aliphatic carbocycles. The summed E-state index contributed by atoms with van der Waals surface area (Å²) in [5.41, 5.74) is 7.67. The molecule has 1 aromatic heterocycles. The largest absolute Gasteiger partial charge is 0.384 e. The fraction of sp³-hybridized carbons (Fsp3) is 0.824. The Hall–Kier alpha value is -1.03. The maximum atomic E-state index is 6.53. The second-order valence-electron chi connectivity index (χ2n) is 7.09. The van der Waals surface area contributed by atoms with Crippen molar-refractivity contribution in [3.8, 4) is 0 Å². The third-order valence-corrected chi connectivity index (χ3v) is 5.43. The van der Waals surface area contributed by atoms with Gasteiger partial charge in [-0.05, 0) is 38.5 Å². The van der Waals surface area contributed by atoms with E-state index in [4.69, 9.17) is 15.5 Å². The van der Waals surface area contributed by atoms with Crippen LogP contribution in [0.1, 0.15) is 87.2 Å². The molecule has 3 fully saturated rings. The van der Waals surface area contributed by atoms with Gasteiger partial charge in [-0.25, -0.2) is 4.98 Å². The molecule has 1 saturated heterocycles. The predicted octanol–water partition coefficient (Wildman–Crippen LogP) is 3.74. The molecule has 2 saturated carbocycles. The minimum atomic E-state index is 0.418. The number of hydrogen-bond acceptors (Lipinski definition) is 3. The first-order valence-corrected chi connectivity index (χ1v) is 8.80. The van der Waals surface area contributed by atoms with Crippen LogP contribution in [0.5, 0.6) is 0 Å². The van der Waals surface area contributed by atoms with Gasteiger partial charge in [0.25, 0.3) is 0 Å². The van der Waals surface area contributed by atoms with E-state index in [0.29, 0.717) is 17.9 Å². The van der Waals surface area contributed by atoms with Gasteiger partial charge in [0, 0.05) is 24.5 Å². The van der Waals surface area contributed by atoms with Crippen LogP contribution in [-0.4, -0.2) is 22.8 Å². The summed E-state index contributed by atoms with van der Waals surface area (Å²) in [7, 11) is 0. The molecule has 116 valence electrons. The molecule has 4 nitrogen and oxygen atoms in total. The van der Waals surface area contributed by atoms with Crippen LogP contribution < -0.4 is 5.73 Å². The van der Waals surface area contributed by atoms with Gasteiger partial charge >= 0.3 is 0 Å². The van der Waals surface area contributed by atoms with Gasteiger partial charge in [0.1, 0.15) is 11.6 Å². The van der Waals surface area contributed by atoms with Crippen LogP contribution >= 0.6 is 0 Å². The molecule has 1 atom stereocenters. The monoisotopic (exact) mass is 289 g/mol. The minimum Gasteiger partial charge on any atom is -0.384 e. The molecule has 0 bridgehead atoms. The van der Waals surface area contributed by atoms with Gasteiger partial charge in [-0.1, -0.05) is 19.3 Å². The Morgan fingerprint density at radius 2 is 1.71 bits per heavy atom. The van der Waals surface area contributed by atoms with Crippen molar-refractivity contribution in [1.29, 1.82) is 0 Å². The number of aromatic nitrogens is 2.